The molecule has 2 heterocycles. The molecule has 1 N–H and O–H groups in total. The van der Waals surface area contributed by atoms with Gasteiger partial charge in [-0.1, -0.05) is 25.1 Å². The number of aromatic amines is 1. The number of fused-ring (bicyclic) bond motifs is 1. The van der Waals surface area contributed by atoms with Crippen LogP contribution in [-0.2, 0) is 20.7 Å². The molecule has 1 aromatic carbocycles. The third-order valence-corrected chi connectivity index (χ3v) is 5.31. The van der Waals surface area contributed by atoms with Crippen molar-refractivity contribution in [2.75, 3.05) is 19.7 Å². The lowest BCUT2D eigenvalue weighted by atomic mass is 9.97. The average molecular weight is 415 g/mol. The molecule has 7 heteroatoms. The van der Waals surface area contributed by atoms with Crippen LogP contribution in [0.1, 0.15) is 56.5 Å². The molecule has 0 radical (unpaired) electrons. The minimum absolute atomic E-state index is 0.228. The van der Waals surface area contributed by atoms with E-state index in [9.17, 15) is 14.4 Å². The average Bonchev–Trinajstić information content (AvgIpc) is 3.15. The van der Waals surface area contributed by atoms with Gasteiger partial charge in [0.1, 0.15) is 5.60 Å². The van der Waals surface area contributed by atoms with E-state index in [1.165, 1.54) is 0 Å². The Kier molecular flexibility index (Phi) is 6.48. The Morgan fingerprint density at radius 1 is 1.17 bits per heavy atom. The Balaban J connectivity index is 1.52. The van der Waals surface area contributed by atoms with E-state index in [0.717, 1.165) is 22.9 Å². The summed E-state index contributed by atoms with van der Waals surface area (Å²) in [5, 5.41) is 0.848. The molecule has 1 amide bonds. The number of nitrogens with one attached hydrogen (secondary N) is 1. The summed E-state index contributed by atoms with van der Waals surface area (Å²) in [6.45, 7) is 8.12. The number of ether oxygens (including phenoxy) is 2. The number of hydrogen-bond donors (Lipinski definition) is 1. The molecule has 162 valence electrons. The van der Waals surface area contributed by atoms with Crippen molar-refractivity contribution < 1.29 is 23.9 Å². The quantitative estimate of drug-likeness (QED) is 0.588. The highest BCUT2D eigenvalue weighted by Gasteiger charge is 2.31. The molecule has 1 aromatic heterocycles. The molecule has 1 saturated heterocycles. The standard InChI is InChI=1S/C23H30N2O5/c1-5-15-7-6-8-17-18(13-24-20(15)17)19(26)14-29-21(27)16-9-11-25(12-10-16)22(28)30-23(2,3)4/h6-8,13,16,24H,5,9-12,14H2,1-4H3. The molecule has 1 aliphatic heterocycles. The van der Waals surface area contributed by atoms with Crippen molar-refractivity contribution in [1.82, 2.24) is 9.88 Å². The van der Waals surface area contributed by atoms with Crippen LogP contribution in [0.5, 0.6) is 0 Å². The molecule has 3 rings (SSSR count). The van der Waals surface area contributed by atoms with Crippen LogP contribution in [-0.4, -0.2) is 53.0 Å². The Bertz CT molecular complexity index is 933. The van der Waals surface area contributed by atoms with E-state index in [2.05, 4.69) is 11.9 Å². The molecule has 0 unspecified atom stereocenters. The number of carbonyl (C=O) groups excluding carboxylic acids is 3. The number of hydrogen-bond acceptors (Lipinski definition) is 5. The molecule has 0 saturated carbocycles. The van der Waals surface area contributed by atoms with E-state index in [0.29, 0.717) is 31.5 Å². The lowest BCUT2D eigenvalue weighted by Crippen LogP contribution is -2.43. The predicted octanol–water partition coefficient (Wildman–Crippen LogP) is 4.10. The van der Waals surface area contributed by atoms with Crippen LogP contribution in [0.2, 0.25) is 0 Å². The largest absolute Gasteiger partial charge is 0.457 e. The number of aryl methyl sites for hydroxylation is 1. The summed E-state index contributed by atoms with van der Waals surface area (Å²) in [5.41, 5.74) is 2.07. The maximum Gasteiger partial charge on any atom is 0.410 e. The highest BCUT2D eigenvalue weighted by Crippen LogP contribution is 2.24. The molecule has 7 nitrogen and oxygen atoms in total. The third kappa shape index (κ3) is 5.01. The molecule has 0 aliphatic carbocycles. The van der Waals surface area contributed by atoms with Gasteiger partial charge in [-0.2, -0.15) is 0 Å². The second-order valence-corrected chi connectivity index (χ2v) is 8.67. The van der Waals surface area contributed by atoms with Crippen LogP contribution >= 0.6 is 0 Å². The lowest BCUT2D eigenvalue weighted by molar-refractivity contribution is -0.149. The van der Waals surface area contributed by atoms with Gasteiger partial charge in [-0.25, -0.2) is 4.79 Å². The van der Waals surface area contributed by atoms with Gasteiger partial charge in [0.2, 0.25) is 5.78 Å². The molecule has 0 atom stereocenters. The van der Waals surface area contributed by atoms with Crippen LogP contribution in [0.3, 0.4) is 0 Å². The second kappa shape index (κ2) is 8.90. The van der Waals surface area contributed by atoms with E-state index in [4.69, 9.17) is 9.47 Å². The first-order valence-electron chi connectivity index (χ1n) is 10.5. The first kappa shape index (κ1) is 21.9. The summed E-state index contributed by atoms with van der Waals surface area (Å²) < 4.78 is 10.7. The molecule has 0 spiro atoms. The van der Waals surface area contributed by atoms with Gasteiger partial charge in [0, 0.05) is 35.8 Å². The van der Waals surface area contributed by atoms with Crippen molar-refractivity contribution in [3.05, 3.63) is 35.5 Å². The fraction of sp³-hybridized carbons (Fsp3) is 0.522. The van der Waals surface area contributed by atoms with E-state index in [1.807, 2.05) is 39.0 Å². The first-order valence-corrected chi connectivity index (χ1v) is 10.5. The molecular weight excluding hydrogens is 384 g/mol. The zero-order chi connectivity index (χ0) is 21.9. The van der Waals surface area contributed by atoms with Crippen molar-refractivity contribution in [3.8, 4) is 0 Å². The van der Waals surface area contributed by atoms with Crippen LogP contribution in [0.25, 0.3) is 10.9 Å². The smallest absolute Gasteiger partial charge is 0.410 e. The zero-order valence-electron chi connectivity index (χ0n) is 18.1. The number of carbonyl (C=O) groups is 3. The Morgan fingerprint density at radius 2 is 1.87 bits per heavy atom. The number of esters is 1. The topological polar surface area (TPSA) is 88.7 Å². The van der Waals surface area contributed by atoms with Gasteiger partial charge >= 0.3 is 12.1 Å². The second-order valence-electron chi connectivity index (χ2n) is 8.67. The van der Waals surface area contributed by atoms with Gasteiger partial charge in [-0.15, -0.1) is 0 Å². The van der Waals surface area contributed by atoms with E-state index < -0.39 is 5.60 Å². The number of nitrogens with zero attached hydrogens (tertiary/aromatic N) is 1. The highest BCUT2D eigenvalue weighted by atomic mass is 16.6. The minimum atomic E-state index is -0.548. The van der Waals surface area contributed by atoms with Crippen LogP contribution in [0.4, 0.5) is 4.79 Å². The van der Waals surface area contributed by atoms with Crippen molar-refractivity contribution in [2.24, 2.45) is 5.92 Å². The maximum absolute atomic E-state index is 12.6. The van der Waals surface area contributed by atoms with Crippen LogP contribution in [0, 0.1) is 5.92 Å². The molecule has 1 aliphatic rings. The Labute approximate surface area is 176 Å². The third-order valence-electron chi connectivity index (χ3n) is 5.31. The monoisotopic (exact) mass is 414 g/mol. The maximum atomic E-state index is 12.6. The normalized spacial score (nSPS) is 15.3. The van der Waals surface area contributed by atoms with Gasteiger partial charge < -0.3 is 19.4 Å². The Morgan fingerprint density at radius 3 is 2.50 bits per heavy atom. The summed E-state index contributed by atoms with van der Waals surface area (Å²) in [4.78, 5) is 41.9. The summed E-state index contributed by atoms with van der Waals surface area (Å²) in [6, 6.07) is 5.85. The fourth-order valence-corrected chi connectivity index (χ4v) is 3.70. The fourth-order valence-electron chi connectivity index (χ4n) is 3.70. The van der Waals surface area contributed by atoms with Gasteiger partial charge in [0.25, 0.3) is 0 Å². The van der Waals surface area contributed by atoms with Crippen molar-refractivity contribution in [1.29, 1.82) is 0 Å². The van der Waals surface area contributed by atoms with E-state index in [-0.39, 0.29) is 30.4 Å². The van der Waals surface area contributed by atoms with Crippen LogP contribution < -0.4 is 0 Å². The number of piperidine rings is 1. The first-order chi connectivity index (χ1) is 14.2. The number of likely N-dealkylation sites (tertiary alicyclic amines) is 1. The predicted molar refractivity (Wildman–Crippen MR) is 113 cm³/mol. The number of ketones is 1. The molecule has 30 heavy (non-hydrogen) atoms. The number of aromatic nitrogens is 1. The van der Waals surface area contributed by atoms with E-state index in [1.54, 1.807) is 11.1 Å². The van der Waals surface area contributed by atoms with Crippen molar-refractivity contribution in [3.63, 3.8) is 0 Å². The van der Waals surface area contributed by atoms with Crippen molar-refractivity contribution in [2.45, 2.75) is 52.6 Å². The summed E-state index contributed by atoms with van der Waals surface area (Å²) >= 11 is 0. The molecule has 1 fully saturated rings. The van der Waals surface area contributed by atoms with Gasteiger partial charge in [0.15, 0.2) is 6.61 Å². The highest BCUT2D eigenvalue weighted by molar-refractivity contribution is 6.09. The Hall–Kier alpha value is -2.83. The number of Topliss-reactive ketones (excluding diaryl/α,β-unsaturated/α-hetero) is 1. The summed E-state index contributed by atoms with van der Waals surface area (Å²) in [6.07, 6.45) is 3.18. The number of benzene rings is 1. The number of rotatable bonds is 5. The van der Waals surface area contributed by atoms with Crippen LogP contribution in [0.15, 0.2) is 24.4 Å². The molecule has 0 bridgehead atoms. The van der Waals surface area contributed by atoms with Gasteiger partial charge in [-0.3, -0.25) is 9.59 Å². The summed E-state index contributed by atoms with van der Waals surface area (Å²) in [5.74, 6) is -0.929. The van der Waals surface area contributed by atoms with Gasteiger partial charge in [-0.05, 0) is 45.6 Å². The number of amides is 1. The van der Waals surface area contributed by atoms with Gasteiger partial charge in [0.05, 0.1) is 5.92 Å². The molecular formula is C23H30N2O5. The van der Waals surface area contributed by atoms with Crippen molar-refractivity contribution >= 4 is 28.7 Å². The summed E-state index contributed by atoms with van der Waals surface area (Å²) in [7, 11) is 0. The molecule has 2 aromatic rings. The van der Waals surface area contributed by atoms with E-state index >= 15 is 0 Å². The minimum Gasteiger partial charge on any atom is -0.457 e. The lowest BCUT2D eigenvalue weighted by Gasteiger charge is -2.32. The SMILES string of the molecule is CCc1cccc2c(C(=O)COC(=O)C3CCN(C(=O)OC(C)(C)C)CC3)c[nH]c12. The zero-order valence-corrected chi connectivity index (χ0v) is 18.1. The number of H-pyrrole nitrogens is 1. The number of para-hydroxylation sites is 1.